The molecule has 3 rings (SSSR count). The number of thiophene rings is 1. The van der Waals surface area contributed by atoms with Crippen molar-refractivity contribution in [3.8, 4) is 11.8 Å². The quantitative estimate of drug-likeness (QED) is 0.777. The number of hydrogen-bond donors (Lipinski definition) is 2. The second kappa shape index (κ2) is 8.15. The Labute approximate surface area is 151 Å². The van der Waals surface area contributed by atoms with Crippen molar-refractivity contribution in [2.75, 3.05) is 18.5 Å². The molecule has 0 unspecified atom stereocenters. The molecule has 1 heterocycles. The van der Waals surface area contributed by atoms with Crippen molar-refractivity contribution in [3.63, 3.8) is 0 Å². The topological polar surface area (TPSA) is 88.1 Å². The number of rotatable bonds is 6. The van der Waals surface area contributed by atoms with E-state index in [0.29, 0.717) is 35.0 Å². The number of carbonyl (C=O) groups is 1. The van der Waals surface area contributed by atoms with Crippen molar-refractivity contribution in [2.45, 2.75) is 32.1 Å². The number of amides is 1. The first-order valence-corrected chi connectivity index (χ1v) is 9.33. The molecule has 1 aliphatic rings. The van der Waals surface area contributed by atoms with Crippen LogP contribution in [0.15, 0.2) is 24.3 Å². The summed E-state index contributed by atoms with van der Waals surface area (Å²) in [6.07, 6.45) is 4.94. The van der Waals surface area contributed by atoms with E-state index in [4.69, 9.17) is 10.5 Å². The van der Waals surface area contributed by atoms with Crippen molar-refractivity contribution in [3.05, 3.63) is 45.8 Å². The van der Waals surface area contributed by atoms with Gasteiger partial charge < -0.3 is 15.8 Å². The van der Waals surface area contributed by atoms with E-state index in [2.05, 4.69) is 11.4 Å². The van der Waals surface area contributed by atoms with Crippen LogP contribution >= 0.6 is 11.3 Å². The summed E-state index contributed by atoms with van der Waals surface area (Å²) in [6.45, 7) is 1.10. The van der Waals surface area contributed by atoms with Crippen LogP contribution in [-0.4, -0.2) is 19.1 Å². The smallest absolute Gasteiger partial charge is 0.256 e. The number of nitrogens with zero attached hydrogens (tertiary/aromatic N) is 1. The minimum Gasteiger partial charge on any atom is -0.494 e. The molecule has 0 radical (unpaired) electrons. The first-order valence-electron chi connectivity index (χ1n) is 8.52. The highest BCUT2D eigenvalue weighted by Crippen LogP contribution is 2.37. The molecule has 6 heteroatoms. The van der Waals surface area contributed by atoms with Crippen LogP contribution in [0.1, 0.15) is 45.6 Å². The maximum absolute atomic E-state index is 12.6. The normalized spacial score (nSPS) is 13.0. The predicted octanol–water partition coefficient (Wildman–Crippen LogP) is 3.48. The fourth-order valence-electron chi connectivity index (χ4n) is 2.95. The molecule has 0 saturated heterocycles. The Morgan fingerprint density at radius 3 is 3.00 bits per heavy atom. The average molecular weight is 355 g/mol. The highest BCUT2D eigenvalue weighted by Gasteiger charge is 2.22. The highest BCUT2D eigenvalue weighted by atomic mass is 32.1. The Bertz CT molecular complexity index is 807. The van der Waals surface area contributed by atoms with E-state index in [1.54, 1.807) is 18.2 Å². The molecule has 0 saturated carbocycles. The van der Waals surface area contributed by atoms with Gasteiger partial charge in [0.25, 0.3) is 5.91 Å². The van der Waals surface area contributed by atoms with E-state index >= 15 is 0 Å². The van der Waals surface area contributed by atoms with Crippen LogP contribution in [0, 0.1) is 11.3 Å². The van der Waals surface area contributed by atoms with E-state index in [1.807, 2.05) is 6.07 Å². The van der Waals surface area contributed by atoms with Crippen LogP contribution in [0.3, 0.4) is 0 Å². The largest absolute Gasteiger partial charge is 0.494 e. The Morgan fingerprint density at radius 2 is 2.20 bits per heavy atom. The van der Waals surface area contributed by atoms with Gasteiger partial charge in [-0.2, -0.15) is 5.26 Å². The van der Waals surface area contributed by atoms with Gasteiger partial charge in [0, 0.05) is 10.4 Å². The Kier molecular flexibility index (Phi) is 5.69. The predicted molar refractivity (Wildman–Crippen MR) is 99.2 cm³/mol. The summed E-state index contributed by atoms with van der Waals surface area (Å²) in [5.41, 5.74) is 7.72. The summed E-state index contributed by atoms with van der Waals surface area (Å²) in [7, 11) is 0. The van der Waals surface area contributed by atoms with Gasteiger partial charge in [0.15, 0.2) is 0 Å². The lowest BCUT2D eigenvalue weighted by Crippen LogP contribution is -2.12. The van der Waals surface area contributed by atoms with Gasteiger partial charge in [0.05, 0.1) is 12.2 Å². The zero-order valence-electron chi connectivity index (χ0n) is 14.0. The lowest BCUT2D eigenvalue weighted by molar-refractivity contribution is 0.102. The monoisotopic (exact) mass is 355 g/mol. The molecule has 3 N–H and O–H groups in total. The number of hydrogen-bond acceptors (Lipinski definition) is 5. The summed E-state index contributed by atoms with van der Waals surface area (Å²) in [4.78, 5) is 13.8. The van der Waals surface area contributed by atoms with Crippen LogP contribution in [0.4, 0.5) is 5.00 Å². The van der Waals surface area contributed by atoms with Crippen molar-refractivity contribution in [1.82, 2.24) is 0 Å². The van der Waals surface area contributed by atoms with Crippen molar-refractivity contribution in [1.29, 1.82) is 5.26 Å². The van der Waals surface area contributed by atoms with Gasteiger partial charge in [-0.1, -0.05) is 6.07 Å². The summed E-state index contributed by atoms with van der Waals surface area (Å²) in [6, 6.07) is 9.33. The second-order valence-electron chi connectivity index (χ2n) is 6.00. The number of nitrogens with two attached hydrogens (primary N) is 1. The van der Waals surface area contributed by atoms with Crippen LogP contribution in [0.25, 0.3) is 0 Å². The van der Waals surface area contributed by atoms with E-state index in [0.717, 1.165) is 37.7 Å². The zero-order valence-corrected chi connectivity index (χ0v) is 14.8. The number of ether oxygens (including phenoxy) is 1. The minimum atomic E-state index is -0.223. The van der Waals surface area contributed by atoms with Crippen LogP contribution < -0.4 is 15.8 Å². The Balaban J connectivity index is 1.76. The van der Waals surface area contributed by atoms with Crippen molar-refractivity contribution in [2.24, 2.45) is 5.73 Å². The van der Waals surface area contributed by atoms with Gasteiger partial charge in [-0.3, -0.25) is 4.79 Å². The Morgan fingerprint density at radius 1 is 1.36 bits per heavy atom. The molecule has 25 heavy (non-hydrogen) atoms. The van der Waals surface area contributed by atoms with Crippen molar-refractivity contribution < 1.29 is 9.53 Å². The molecule has 0 bridgehead atoms. The SMILES string of the molecule is N#Cc1c(NC(=O)c2cccc(OCCCN)c2)sc2c1CCCC2. The Hall–Kier alpha value is -2.36. The lowest BCUT2D eigenvalue weighted by Gasteiger charge is -2.09. The third-order valence-corrected chi connectivity index (χ3v) is 5.43. The maximum atomic E-state index is 12.6. The van der Waals surface area contributed by atoms with Crippen LogP contribution in [0.2, 0.25) is 0 Å². The van der Waals surface area contributed by atoms with E-state index in [1.165, 1.54) is 16.2 Å². The van der Waals surface area contributed by atoms with Crippen molar-refractivity contribution >= 4 is 22.2 Å². The van der Waals surface area contributed by atoms with Gasteiger partial charge in [0.2, 0.25) is 0 Å². The van der Waals surface area contributed by atoms with Crippen LogP contribution in [-0.2, 0) is 12.8 Å². The van der Waals surface area contributed by atoms with Crippen LogP contribution in [0.5, 0.6) is 5.75 Å². The molecular weight excluding hydrogens is 334 g/mol. The molecule has 0 atom stereocenters. The average Bonchev–Trinajstić information content (AvgIpc) is 2.99. The number of aryl methyl sites for hydroxylation is 1. The number of anilines is 1. The van der Waals surface area contributed by atoms with Gasteiger partial charge >= 0.3 is 0 Å². The summed E-state index contributed by atoms with van der Waals surface area (Å²) in [5.74, 6) is 0.423. The van der Waals surface area contributed by atoms with Gasteiger partial charge in [-0.25, -0.2) is 0 Å². The fraction of sp³-hybridized carbons (Fsp3) is 0.368. The summed E-state index contributed by atoms with van der Waals surface area (Å²) in [5, 5.41) is 13.1. The minimum absolute atomic E-state index is 0.223. The number of nitrogens with one attached hydrogen (secondary N) is 1. The second-order valence-corrected chi connectivity index (χ2v) is 7.10. The number of fused-ring (bicyclic) bond motifs is 1. The van der Waals surface area contributed by atoms with Gasteiger partial charge in [-0.15, -0.1) is 11.3 Å². The molecule has 5 nitrogen and oxygen atoms in total. The molecule has 1 aromatic carbocycles. The number of benzene rings is 1. The molecule has 130 valence electrons. The van der Waals surface area contributed by atoms with E-state index in [9.17, 15) is 10.1 Å². The first kappa shape index (κ1) is 17.5. The number of carbonyl (C=O) groups excluding carboxylic acids is 1. The standard InChI is InChI=1S/C19H21N3O2S/c20-9-4-10-24-14-6-3-5-13(11-14)18(23)22-19-16(12-21)15-7-1-2-8-17(15)25-19/h3,5-6,11H,1-2,4,7-10,20H2,(H,22,23). The molecule has 0 fully saturated rings. The maximum Gasteiger partial charge on any atom is 0.256 e. The molecular formula is C19H21N3O2S. The zero-order chi connectivity index (χ0) is 17.6. The summed E-state index contributed by atoms with van der Waals surface area (Å²) < 4.78 is 5.59. The molecule has 2 aromatic rings. The molecule has 0 spiro atoms. The third-order valence-electron chi connectivity index (χ3n) is 4.22. The van der Waals surface area contributed by atoms with E-state index in [-0.39, 0.29) is 5.91 Å². The fourth-order valence-corrected chi connectivity index (χ4v) is 4.18. The number of nitriles is 1. The third kappa shape index (κ3) is 4.01. The van der Waals surface area contributed by atoms with Gasteiger partial charge in [0.1, 0.15) is 16.8 Å². The molecule has 0 aliphatic heterocycles. The highest BCUT2D eigenvalue weighted by molar-refractivity contribution is 7.16. The first-order chi connectivity index (χ1) is 12.2. The molecule has 1 amide bonds. The summed E-state index contributed by atoms with van der Waals surface area (Å²) >= 11 is 1.53. The van der Waals surface area contributed by atoms with Gasteiger partial charge in [-0.05, 0) is 62.4 Å². The van der Waals surface area contributed by atoms with E-state index < -0.39 is 0 Å². The molecule has 1 aromatic heterocycles. The molecule has 1 aliphatic carbocycles. The lowest BCUT2D eigenvalue weighted by atomic mass is 9.96.